The van der Waals surface area contributed by atoms with Crippen molar-refractivity contribution in [1.29, 1.82) is 0 Å². The molecule has 3 aromatic rings. The standard InChI is InChI=1S/C22H23N5O4/c1-30-21(28)20(11-16-12-23-19-9-5-4-8-18(16)19)24-22(29)31-14-27-13-17(25-26-27)10-15-6-2-3-7-15/h2-9,12-13,15,20,23H,10-11,14H2,1H3,(H,24,29)/t20-/m0/s1. The van der Waals surface area contributed by atoms with Crippen molar-refractivity contribution in [2.75, 3.05) is 7.11 Å². The van der Waals surface area contributed by atoms with Crippen LogP contribution in [0.2, 0.25) is 0 Å². The molecule has 31 heavy (non-hydrogen) atoms. The van der Waals surface area contributed by atoms with Crippen molar-refractivity contribution in [3.63, 3.8) is 0 Å². The first-order valence-corrected chi connectivity index (χ1v) is 9.92. The molecule has 4 rings (SSSR count). The third kappa shape index (κ3) is 5.00. The van der Waals surface area contributed by atoms with Gasteiger partial charge in [0, 0.05) is 35.9 Å². The van der Waals surface area contributed by atoms with E-state index >= 15 is 0 Å². The number of para-hydroxylation sites is 1. The van der Waals surface area contributed by atoms with Crippen LogP contribution in [0.4, 0.5) is 4.79 Å². The number of ether oxygens (including phenoxy) is 2. The highest BCUT2D eigenvalue weighted by atomic mass is 16.6. The Balaban J connectivity index is 1.33. The van der Waals surface area contributed by atoms with Crippen LogP contribution in [0.5, 0.6) is 0 Å². The molecular formula is C22H23N5O4. The van der Waals surface area contributed by atoms with Crippen LogP contribution in [0.1, 0.15) is 11.3 Å². The number of hydrogen-bond acceptors (Lipinski definition) is 6. The Morgan fingerprint density at radius 3 is 2.87 bits per heavy atom. The molecule has 1 atom stereocenters. The average molecular weight is 421 g/mol. The number of rotatable bonds is 8. The number of amides is 1. The summed E-state index contributed by atoms with van der Waals surface area (Å²) < 4.78 is 11.5. The SMILES string of the molecule is COC(=O)[C@H](Cc1c[nH]c2ccccc12)NC(=O)OCn1cc(CC2C=CC=C2)nn1. The quantitative estimate of drug-likeness (QED) is 0.541. The molecule has 0 saturated carbocycles. The molecule has 1 amide bonds. The molecular weight excluding hydrogens is 398 g/mol. The van der Waals surface area contributed by atoms with Gasteiger partial charge in [0.25, 0.3) is 0 Å². The Bertz CT molecular complexity index is 1120. The number of methoxy groups -OCH3 is 1. The first-order chi connectivity index (χ1) is 15.1. The zero-order chi connectivity index (χ0) is 21.6. The van der Waals surface area contributed by atoms with Crippen molar-refractivity contribution < 1.29 is 19.1 Å². The lowest BCUT2D eigenvalue weighted by molar-refractivity contribution is -0.143. The number of aromatic amines is 1. The van der Waals surface area contributed by atoms with Crippen LogP contribution in [0.3, 0.4) is 0 Å². The Morgan fingerprint density at radius 1 is 1.26 bits per heavy atom. The van der Waals surface area contributed by atoms with E-state index in [1.165, 1.54) is 11.8 Å². The van der Waals surface area contributed by atoms with Gasteiger partial charge in [-0.2, -0.15) is 0 Å². The summed E-state index contributed by atoms with van der Waals surface area (Å²) in [7, 11) is 1.28. The van der Waals surface area contributed by atoms with E-state index < -0.39 is 18.1 Å². The molecule has 2 N–H and O–H groups in total. The summed E-state index contributed by atoms with van der Waals surface area (Å²) in [6, 6.07) is 6.85. The number of nitrogens with one attached hydrogen (secondary N) is 2. The number of esters is 1. The largest absolute Gasteiger partial charge is 0.467 e. The van der Waals surface area contributed by atoms with E-state index in [2.05, 4.69) is 32.8 Å². The second kappa shape index (κ2) is 9.29. The highest BCUT2D eigenvalue weighted by Gasteiger charge is 2.24. The molecule has 0 aliphatic heterocycles. The van der Waals surface area contributed by atoms with Crippen molar-refractivity contribution in [3.05, 3.63) is 72.2 Å². The highest BCUT2D eigenvalue weighted by Crippen LogP contribution is 2.19. The van der Waals surface area contributed by atoms with Crippen molar-refractivity contribution in [3.8, 4) is 0 Å². The fraction of sp³-hybridized carbons (Fsp3) is 0.273. The maximum atomic E-state index is 12.3. The summed E-state index contributed by atoms with van der Waals surface area (Å²) in [5.41, 5.74) is 2.65. The molecule has 0 radical (unpaired) electrons. The average Bonchev–Trinajstić information content (AvgIpc) is 3.54. The third-order valence-electron chi connectivity index (χ3n) is 5.06. The van der Waals surface area contributed by atoms with E-state index in [1.54, 1.807) is 6.20 Å². The van der Waals surface area contributed by atoms with Gasteiger partial charge in [-0.25, -0.2) is 14.3 Å². The van der Waals surface area contributed by atoms with E-state index in [1.807, 2.05) is 42.6 Å². The first-order valence-electron chi connectivity index (χ1n) is 9.92. The fourth-order valence-electron chi connectivity index (χ4n) is 3.52. The molecule has 0 spiro atoms. The van der Waals surface area contributed by atoms with E-state index in [-0.39, 0.29) is 13.2 Å². The fourth-order valence-corrected chi connectivity index (χ4v) is 3.52. The molecule has 9 heteroatoms. The summed E-state index contributed by atoms with van der Waals surface area (Å²) in [4.78, 5) is 27.7. The van der Waals surface area contributed by atoms with Gasteiger partial charge in [-0.15, -0.1) is 5.10 Å². The van der Waals surface area contributed by atoms with Crippen LogP contribution >= 0.6 is 0 Å². The van der Waals surface area contributed by atoms with Crippen LogP contribution in [-0.2, 0) is 33.8 Å². The lowest BCUT2D eigenvalue weighted by atomic mass is 10.1. The van der Waals surface area contributed by atoms with E-state index in [0.29, 0.717) is 5.92 Å². The topological polar surface area (TPSA) is 111 Å². The Labute approximate surface area is 178 Å². The van der Waals surface area contributed by atoms with Crippen molar-refractivity contribution in [1.82, 2.24) is 25.3 Å². The van der Waals surface area contributed by atoms with Gasteiger partial charge < -0.3 is 19.8 Å². The number of alkyl carbamates (subject to hydrolysis) is 1. The molecule has 0 unspecified atom stereocenters. The second-order valence-corrected chi connectivity index (χ2v) is 7.23. The maximum Gasteiger partial charge on any atom is 0.409 e. The summed E-state index contributed by atoms with van der Waals surface area (Å²) in [6.07, 6.45) is 12.0. The number of allylic oxidation sites excluding steroid dienone is 4. The normalized spacial score (nSPS) is 14.1. The van der Waals surface area contributed by atoms with E-state index in [9.17, 15) is 9.59 Å². The van der Waals surface area contributed by atoms with Gasteiger partial charge >= 0.3 is 12.1 Å². The van der Waals surface area contributed by atoms with Gasteiger partial charge in [0.15, 0.2) is 6.73 Å². The maximum absolute atomic E-state index is 12.3. The minimum absolute atomic E-state index is 0.115. The summed E-state index contributed by atoms with van der Waals surface area (Å²) in [6.45, 7) is -0.115. The Morgan fingerprint density at radius 2 is 2.06 bits per heavy atom. The highest BCUT2D eigenvalue weighted by molar-refractivity contribution is 5.86. The number of hydrogen-bond donors (Lipinski definition) is 2. The molecule has 2 aromatic heterocycles. The molecule has 9 nitrogen and oxygen atoms in total. The lowest BCUT2D eigenvalue weighted by Gasteiger charge is -2.16. The van der Waals surface area contributed by atoms with Crippen molar-refractivity contribution >= 4 is 23.0 Å². The van der Waals surface area contributed by atoms with Crippen LogP contribution in [0.25, 0.3) is 10.9 Å². The number of H-pyrrole nitrogens is 1. The number of fused-ring (bicyclic) bond motifs is 1. The van der Waals surface area contributed by atoms with Gasteiger partial charge in [0.05, 0.1) is 19.0 Å². The van der Waals surface area contributed by atoms with Crippen LogP contribution < -0.4 is 5.32 Å². The number of benzene rings is 1. The Kier molecular flexibility index (Phi) is 6.11. The zero-order valence-electron chi connectivity index (χ0n) is 17.0. The first kappa shape index (κ1) is 20.4. The molecule has 1 aromatic carbocycles. The van der Waals surface area contributed by atoms with Crippen LogP contribution in [0.15, 0.2) is 61.0 Å². The van der Waals surface area contributed by atoms with E-state index in [0.717, 1.165) is 28.6 Å². The van der Waals surface area contributed by atoms with Crippen LogP contribution in [-0.4, -0.2) is 45.2 Å². The summed E-state index contributed by atoms with van der Waals surface area (Å²) >= 11 is 0. The van der Waals surface area contributed by atoms with Crippen molar-refractivity contribution in [2.24, 2.45) is 5.92 Å². The van der Waals surface area contributed by atoms with E-state index in [4.69, 9.17) is 9.47 Å². The number of nitrogens with zero attached hydrogens (tertiary/aromatic N) is 3. The molecule has 1 aliphatic carbocycles. The second-order valence-electron chi connectivity index (χ2n) is 7.23. The zero-order valence-corrected chi connectivity index (χ0v) is 17.0. The summed E-state index contributed by atoms with van der Waals surface area (Å²) in [5, 5.41) is 11.6. The number of carbonyl (C=O) groups excluding carboxylic acids is 2. The molecule has 1 aliphatic rings. The molecule has 160 valence electrons. The Hall–Kier alpha value is -3.88. The lowest BCUT2D eigenvalue weighted by Crippen LogP contribution is -2.43. The van der Waals surface area contributed by atoms with Gasteiger partial charge in [0.2, 0.25) is 0 Å². The number of aromatic nitrogens is 4. The predicted molar refractivity (Wildman–Crippen MR) is 113 cm³/mol. The van der Waals surface area contributed by atoms with Crippen molar-refractivity contribution in [2.45, 2.75) is 25.6 Å². The molecule has 2 heterocycles. The number of carbonyl (C=O) groups is 2. The van der Waals surface area contributed by atoms with Gasteiger partial charge in [-0.1, -0.05) is 47.7 Å². The minimum atomic E-state index is -0.885. The summed E-state index contributed by atoms with van der Waals surface area (Å²) in [5.74, 6) is -0.248. The smallest absolute Gasteiger partial charge is 0.409 e. The predicted octanol–water partition coefficient (Wildman–Crippen LogP) is 2.51. The van der Waals surface area contributed by atoms with Gasteiger partial charge in [-0.05, 0) is 11.6 Å². The van der Waals surface area contributed by atoms with Crippen LogP contribution in [0, 0.1) is 5.92 Å². The minimum Gasteiger partial charge on any atom is -0.467 e. The van der Waals surface area contributed by atoms with Gasteiger partial charge in [0.1, 0.15) is 6.04 Å². The third-order valence-corrected chi connectivity index (χ3v) is 5.06. The molecule has 0 fully saturated rings. The molecule has 0 bridgehead atoms. The molecule has 0 saturated heterocycles. The van der Waals surface area contributed by atoms with Gasteiger partial charge in [-0.3, -0.25) is 0 Å². The monoisotopic (exact) mass is 421 g/mol.